The molecule has 0 aliphatic carbocycles. The average molecular weight is 364 g/mol. The van der Waals surface area contributed by atoms with Crippen LogP contribution in [0.3, 0.4) is 0 Å². The fourth-order valence-electron chi connectivity index (χ4n) is 4.36. The Kier molecular flexibility index (Phi) is 5.44. The lowest BCUT2D eigenvalue weighted by molar-refractivity contribution is -0.120. The number of anilines is 2. The molecule has 4 rings (SSSR count). The Morgan fingerprint density at radius 1 is 0.963 bits per heavy atom. The van der Waals surface area contributed by atoms with Crippen LogP contribution >= 0.6 is 0 Å². The predicted octanol–water partition coefficient (Wildman–Crippen LogP) is 3.57. The van der Waals surface area contributed by atoms with Crippen molar-refractivity contribution < 1.29 is 4.79 Å². The Bertz CT molecular complexity index is 776. The molecule has 0 spiro atoms. The molecule has 0 bridgehead atoms. The SMILES string of the molecule is CC1CCc2ccccc2N1C(=O)CN1CCCN(c2ccccc2)CC1. The van der Waals surface area contributed by atoms with Crippen LogP contribution < -0.4 is 9.80 Å². The first-order valence-corrected chi connectivity index (χ1v) is 10.1. The summed E-state index contributed by atoms with van der Waals surface area (Å²) in [5, 5.41) is 0. The lowest BCUT2D eigenvalue weighted by atomic mass is 9.96. The molecule has 2 aliphatic rings. The zero-order valence-electron chi connectivity index (χ0n) is 16.2. The number of para-hydroxylation sites is 2. The van der Waals surface area contributed by atoms with Gasteiger partial charge in [-0.15, -0.1) is 0 Å². The minimum Gasteiger partial charge on any atom is -0.370 e. The smallest absolute Gasteiger partial charge is 0.241 e. The first-order valence-electron chi connectivity index (χ1n) is 10.1. The molecule has 2 aromatic carbocycles. The van der Waals surface area contributed by atoms with Crippen LogP contribution in [-0.2, 0) is 11.2 Å². The van der Waals surface area contributed by atoms with Gasteiger partial charge in [0.05, 0.1) is 6.54 Å². The Morgan fingerprint density at radius 3 is 2.59 bits per heavy atom. The first-order chi connectivity index (χ1) is 13.2. The number of aryl methyl sites for hydroxylation is 1. The summed E-state index contributed by atoms with van der Waals surface area (Å²) in [4.78, 5) is 20.0. The standard InChI is InChI=1S/C23H29N3O/c1-19-12-13-20-8-5-6-11-22(20)26(19)23(27)18-24-14-7-15-25(17-16-24)21-9-3-2-4-10-21/h2-6,8-11,19H,7,12-18H2,1H3. The van der Waals surface area contributed by atoms with Gasteiger partial charge in [0.25, 0.3) is 0 Å². The van der Waals surface area contributed by atoms with Gasteiger partial charge in [-0.05, 0) is 49.9 Å². The quantitative estimate of drug-likeness (QED) is 0.834. The van der Waals surface area contributed by atoms with Crippen molar-refractivity contribution in [3.8, 4) is 0 Å². The molecule has 4 nitrogen and oxygen atoms in total. The number of hydrogen-bond donors (Lipinski definition) is 0. The number of fused-ring (bicyclic) bond motifs is 1. The molecule has 4 heteroatoms. The summed E-state index contributed by atoms with van der Waals surface area (Å²) in [6.07, 6.45) is 3.20. The van der Waals surface area contributed by atoms with Gasteiger partial charge in [0.15, 0.2) is 0 Å². The number of benzene rings is 2. The Hall–Kier alpha value is -2.33. The molecule has 1 fully saturated rings. The molecule has 0 aromatic heterocycles. The number of carbonyl (C=O) groups excluding carboxylic acids is 1. The minimum atomic E-state index is 0.239. The van der Waals surface area contributed by atoms with Crippen LogP contribution in [0.5, 0.6) is 0 Å². The van der Waals surface area contributed by atoms with E-state index in [9.17, 15) is 4.79 Å². The summed E-state index contributed by atoms with van der Waals surface area (Å²) in [5.41, 5.74) is 3.70. The number of rotatable bonds is 3. The highest BCUT2D eigenvalue weighted by atomic mass is 16.2. The molecule has 0 N–H and O–H groups in total. The molecular weight excluding hydrogens is 334 g/mol. The zero-order chi connectivity index (χ0) is 18.6. The van der Waals surface area contributed by atoms with Gasteiger partial charge in [-0.3, -0.25) is 9.69 Å². The Morgan fingerprint density at radius 2 is 1.74 bits per heavy atom. The van der Waals surface area contributed by atoms with Gasteiger partial charge < -0.3 is 9.80 Å². The molecule has 1 atom stereocenters. The third-order valence-corrected chi connectivity index (χ3v) is 5.86. The van der Waals surface area contributed by atoms with Crippen LogP contribution in [0.4, 0.5) is 11.4 Å². The second kappa shape index (κ2) is 8.13. The van der Waals surface area contributed by atoms with E-state index in [0.717, 1.165) is 51.1 Å². The molecule has 0 radical (unpaired) electrons. The topological polar surface area (TPSA) is 26.8 Å². The van der Waals surface area contributed by atoms with E-state index in [1.54, 1.807) is 0 Å². The van der Waals surface area contributed by atoms with Gasteiger partial charge in [0.2, 0.25) is 5.91 Å². The van der Waals surface area contributed by atoms with Gasteiger partial charge in [0.1, 0.15) is 0 Å². The highest BCUT2D eigenvalue weighted by molar-refractivity contribution is 5.96. The predicted molar refractivity (Wildman–Crippen MR) is 111 cm³/mol. The third-order valence-electron chi connectivity index (χ3n) is 5.86. The van der Waals surface area contributed by atoms with Crippen molar-refractivity contribution in [3.05, 3.63) is 60.2 Å². The second-order valence-corrected chi connectivity index (χ2v) is 7.73. The molecule has 0 saturated carbocycles. The van der Waals surface area contributed by atoms with E-state index in [4.69, 9.17) is 0 Å². The average Bonchev–Trinajstić information content (AvgIpc) is 2.94. The van der Waals surface area contributed by atoms with Crippen LogP contribution in [0.2, 0.25) is 0 Å². The van der Waals surface area contributed by atoms with E-state index in [2.05, 4.69) is 65.3 Å². The van der Waals surface area contributed by atoms with E-state index in [1.807, 2.05) is 11.0 Å². The van der Waals surface area contributed by atoms with Gasteiger partial charge in [-0.25, -0.2) is 0 Å². The lowest BCUT2D eigenvalue weighted by Gasteiger charge is -2.36. The molecule has 27 heavy (non-hydrogen) atoms. The van der Waals surface area contributed by atoms with Gasteiger partial charge in [-0.2, -0.15) is 0 Å². The summed E-state index contributed by atoms with van der Waals surface area (Å²) < 4.78 is 0. The summed E-state index contributed by atoms with van der Waals surface area (Å²) in [6.45, 7) is 6.64. The lowest BCUT2D eigenvalue weighted by Crippen LogP contribution is -2.47. The fraction of sp³-hybridized carbons (Fsp3) is 0.435. The first kappa shape index (κ1) is 18.1. The molecule has 142 valence electrons. The Labute approximate surface area is 162 Å². The van der Waals surface area contributed by atoms with Crippen molar-refractivity contribution in [1.29, 1.82) is 0 Å². The van der Waals surface area contributed by atoms with Crippen LogP contribution in [-0.4, -0.2) is 49.6 Å². The van der Waals surface area contributed by atoms with Crippen LogP contribution in [0.1, 0.15) is 25.3 Å². The summed E-state index contributed by atoms with van der Waals surface area (Å²) in [5.74, 6) is 0.239. The second-order valence-electron chi connectivity index (χ2n) is 7.73. The van der Waals surface area contributed by atoms with Gasteiger partial charge >= 0.3 is 0 Å². The van der Waals surface area contributed by atoms with E-state index < -0.39 is 0 Å². The summed E-state index contributed by atoms with van der Waals surface area (Å²) in [6, 6.07) is 19.2. The molecule has 2 aliphatic heterocycles. The molecule has 1 amide bonds. The van der Waals surface area contributed by atoms with Crippen LogP contribution in [0.25, 0.3) is 0 Å². The Balaban J connectivity index is 1.41. The van der Waals surface area contributed by atoms with Crippen molar-refractivity contribution in [2.24, 2.45) is 0 Å². The fourth-order valence-corrected chi connectivity index (χ4v) is 4.36. The van der Waals surface area contributed by atoms with Crippen LogP contribution in [0.15, 0.2) is 54.6 Å². The maximum absolute atomic E-state index is 13.2. The molecular formula is C23H29N3O. The molecule has 1 saturated heterocycles. The van der Waals surface area contributed by atoms with E-state index in [1.165, 1.54) is 11.3 Å². The van der Waals surface area contributed by atoms with Crippen molar-refractivity contribution in [1.82, 2.24) is 4.90 Å². The molecule has 2 aromatic rings. The monoisotopic (exact) mass is 363 g/mol. The van der Waals surface area contributed by atoms with Crippen molar-refractivity contribution in [2.75, 3.05) is 42.5 Å². The van der Waals surface area contributed by atoms with Crippen molar-refractivity contribution in [3.63, 3.8) is 0 Å². The van der Waals surface area contributed by atoms with Gasteiger partial charge in [0, 0.05) is 43.6 Å². The summed E-state index contributed by atoms with van der Waals surface area (Å²) in [7, 11) is 0. The highest BCUT2D eigenvalue weighted by Crippen LogP contribution is 2.30. The largest absolute Gasteiger partial charge is 0.370 e. The molecule has 1 unspecified atom stereocenters. The number of amides is 1. The zero-order valence-corrected chi connectivity index (χ0v) is 16.2. The minimum absolute atomic E-state index is 0.239. The number of nitrogens with zero attached hydrogens (tertiary/aromatic N) is 3. The maximum atomic E-state index is 13.2. The maximum Gasteiger partial charge on any atom is 0.241 e. The van der Waals surface area contributed by atoms with E-state index in [0.29, 0.717) is 6.54 Å². The molecule has 2 heterocycles. The van der Waals surface area contributed by atoms with Gasteiger partial charge in [-0.1, -0.05) is 36.4 Å². The highest BCUT2D eigenvalue weighted by Gasteiger charge is 2.29. The number of carbonyl (C=O) groups is 1. The van der Waals surface area contributed by atoms with E-state index >= 15 is 0 Å². The van der Waals surface area contributed by atoms with Crippen molar-refractivity contribution in [2.45, 2.75) is 32.2 Å². The van der Waals surface area contributed by atoms with Crippen LogP contribution in [0, 0.1) is 0 Å². The summed E-state index contributed by atoms with van der Waals surface area (Å²) >= 11 is 0. The number of hydrogen-bond acceptors (Lipinski definition) is 3. The van der Waals surface area contributed by atoms with E-state index in [-0.39, 0.29) is 11.9 Å². The normalized spacial score (nSPS) is 20.9. The van der Waals surface area contributed by atoms with Crippen molar-refractivity contribution >= 4 is 17.3 Å². The third kappa shape index (κ3) is 4.01.